The third kappa shape index (κ3) is 3.96. The largest absolute Gasteiger partial charge is 0.395 e. The lowest BCUT2D eigenvalue weighted by Gasteiger charge is -2.18. The Hall–Kier alpha value is -2.05. The van der Waals surface area contributed by atoms with Crippen molar-refractivity contribution in [3.05, 3.63) is 11.4 Å². The Balaban J connectivity index is 2.61. The molecule has 21 heavy (non-hydrogen) atoms. The molecule has 0 spiro atoms. The van der Waals surface area contributed by atoms with Gasteiger partial charge in [0.2, 0.25) is 5.91 Å². The van der Waals surface area contributed by atoms with Gasteiger partial charge < -0.3 is 16.0 Å². The molecular weight excluding hydrogens is 270 g/mol. The molecular formula is C14H25N5O2. The van der Waals surface area contributed by atoms with Crippen LogP contribution in [0.5, 0.6) is 0 Å². The monoisotopic (exact) mass is 295 g/mol. The molecule has 7 heteroatoms. The lowest BCUT2D eigenvalue weighted by molar-refractivity contribution is -0.130. The molecule has 118 valence electrons. The van der Waals surface area contributed by atoms with Crippen molar-refractivity contribution in [2.75, 3.05) is 25.4 Å². The third-order valence-corrected chi connectivity index (χ3v) is 3.43. The molecule has 0 fully saturated rings. The smallest absolute Gasteiger partial charge is 0.271 e. The standard InChI is InChI=1S/C14H25N5O2/c1-5-18(6-2)11(20)8-9-16-14(21)13-12(15)10(4)17-19(13)7-3/h5-9,15H2,1-4H3,(H,16,21). The molecule has 1 aromatic rings. The topological polar surface area (TPSA) is 93.2 Å². The molecule has 1 heterocycles. The van der Waals surface area contributed by atoms with E-state index in [1.54, 1.807) is 16.5 Å². The molecule has 2 amide bonds. The zero-order valence-corrected chi connectivity index (χ0v) is 13.3. The number of nitrogen functional groups attached to an aromatic ring is 1. The molecule has 0 bridgehead atoms. The lowest BCUT2D eigenvalue weighted by Crippen LogP contribution is -2.35. The predicted molar refractivity (Wildman–Crippen MR) is 81.9 cm³/mol. The van der Waals surface area contributed by atoms with Crippen LogP contribution in [0.4, 0.5) is 5.69 Å². The molecule has 7 nitrogen and oxygen atoms in total. The number of amides is 2. The molecule has 0 radical (unpaired) electrons. The highest BCUT2D eigenvalue weighted by atomic mass is 16.2. The Bertz CT molecular complexity index is 506. The van der Waals surface area contributed by atoms with Crippen molar-refractivity contribution in [3.8, 4) is 0 Å². The number of nitrogens with two attached hydrogens (primary N) is 1. The van der Waals surface area contributed by atoms with Crippen molar-refractivity contribution in [2.24, 2.45) is 0 Å². The van der Waals surface area contributed by atoms with Crippen molar-refractivity contribution >= 4 is 17.5 Å². The van der Waals surface area contributed by atoms with Crippen LogP contribution < -0.4 is 11.1 Å². The number of carbonyl (C=O) groups is 2. The highest BCUT2D eigenvalue weighted by molar-refractivity contribution is 5.98. The average molecular weight is 295 g/mol. The highest BCUT2D eigenvalue weighted by Gasteiger charge is 2.19. The minimum Gasteiger partial charge on any atom is -0.395 e. The third-order valence-electron chi connectivity index (χ3n) is 3.43. The van der Waals surface area contributed by atoms with Gasteiger partial charge in [-0.2, -0.15) is 5.10 Å². The predicted octanol–water partition coefficient (Wildman–Crippen LogP) is 0.782. The SMILES string of the molecule is CCN(CC)C(=O)CCNC(=O)c1c(N)c(C)nn1CC. The first kappa shape index (κ1) is 17.0. The number of aromatic nitrogens is 2. The van der Waals surface area contributed by atoms with Gasteiger partial charge in [-0.05, 0) is 27.7 Å². The van der Waals surface area contributed by atoms with Crippen LogP contribution in [0, 0.1) is 6.92 Å². The molecule has 0 aromatic carbocycles. The minimum absolute atomic E-state index is 0.0356. The molecule has 0 saturated heterocycles. The van der Waals surface area contributed by atoms with Crippen LogP contribution >= 0.6 is 0 Å². The summed E-state index contributed by atoms with van der Waals surface area (Å²) in [6.45, 7) is 9.75. The van der Waals surface area contributed by atoms with Crippen molar-refractivity contribution in [1.82, 2.24) is 20.0 Å². The van der Waals surface area contributed by atoms with Gasteiger partial charge in [0.1, 0.15) is 5.69 Å². The maximum Gasteiger partial charge on any atom is 0.271 e. The molecule has 0 unspecified atom stereocenters. The van der Waals surface area contributed by atoms with Crippen LogP contribution in [0.25, 0.3) is 0 Å². The van der Waals surface area contributed by atoms with E-state index in [-0.39, 0.29) is 18.2 Å². The summed E-state index contributed by atoms with van der Waals surface area (Å²) >= 11 is 0. The normalized spacial score (nSPS) is 10.5. The summed E-state index contributed by atoms with van der Waals surface area (Å²) in [4.78, 5) is 25.8. The van der Waals surface area contributed by atoms with Crippen molar-refractivity contribution < 1.29 is 9.59 Å². The molecule has 1 aromatic heterocycles. The quantitative estimate of drug-likeness (QED) is 0.777. The minimum atomic E-state index is -0.290. The number of nitrogens with zero attached hydrogens (tertiary/aromatic N) is 3. The Morgan fingerprint density at radius 1 is 1.29 bits per heavy atom. The van der Waals surface area contributed by atoms with E-state index in [2.05, 4.69) is 10.4 Å². The van der Waals surface area contributed by atoms with Crippen LogP contribution in [0.3, 0.4) is 0 Å². The van der Waals surface area contributed by atoms with E-state index in [1.165, 1.54) is 0 Å². The van der Waals surface area contributed by atoms with Crippen LogP contribution in [-0.2, 0) is 11.3 Å². The first-order valence-corrected chi connectivity index (χ1v) is 7.34. The van der Waals surface area contributed by atoms with Gasteiger partial charge in [0.15, 0.2) is 0 Å². The number of nitrogens with one attached hydrogen (secondary N) is 1. The van der Waals surface area contributed by atoms with Crippen LogP contribution in [-0.4, -0.2) is 46.1 Å². The molecule has 1 rings (SSSR count). The fourth-order valence-corrected chi connectivity index (χ4v) is 2.16. The van der Waals surface area contributed by atoms with E-state index in [0.717, 1.165) is 0 Å². The summed E-state index contributed by atoms with van der Waals surface area (Å²) in [5.74, 6) is -0.254. The van der Waals surface area contributed by atoms with E-state index in [9.17, 15) is 9.59 Å². The van der Waals surface area contributed by atoms with E-state index in [0.29, 0.717) is 43.3 Å². The Morgan fingerprint density at radius 3 is 2.43 bits per heavy atom. The first-order chi connectivity index (χ1) is 9.96. The highest BCUT2D eigenvalue weighted by Crippen LogP contribution is 2.16. The second-order valence-corrected chi connectivity index (χ2v) is 4.74. The maximum atomic E-state index is 12.2. The summed E-state index contributed by atoms with van der Waals surface area (Å²) in [7, 11) is 0. The van der Waals surface area contributed by atoms with Gasteiger partial charge in [-0.3, -0.25) is 14.3 Å². The molecule has 0 aliphatic carbocycles. The summed E-state index contributed by atoms with van der Waals surface area (Å²) < 4.78 is 1.58. The Kier molecular flexibility index (Phi) is 6.20. The fourth-order valence-electron chi connectivity index (χ4n) is 2.16. The summed E-state index contributed by atoms with van der Waals surface area (Å²) in [6, 6.07) is 0. The van der Waals surface area contributed by atoms with E-state index >= 15 is 0 Å². The number of hydrogen-bond acceptors (Lipinski definition) is 4. The molecule has 0 atom stereocenters. The second kappa shape index (κ2) is 7.66. The van der Waals surface area contributed by atoms with Crippen LogP contribution in [0.2, 0.25) is 0 Å². The zero-order chi connectivity index (χ0) is 16.0. The average Bonchev–Trinajstić information content (AvgIpc) is 2.75. The second-order valence-electron chi connectivity index (χ2n) is 4.74. The summed E-state index contributed by atoms with van der Waals surface area (Å²) in [5, 5.41) is 6.94. The van der Waals surface area contributed by atoms with Crippen molar-refractivity contribution in [3.63, 3.8) is 0 Å². The molecule has 0 saturated carbocycles. The van der Waals surface area contributed by atoms with Gasteiger partial charge in [0, 0.05) is 32.6 Å². The molecule has 3 N–H and O–H groups in total. The van der Waals surface area contributed by atoms with Crippen LogP contribution in [0.15, 0.2) is 0 Å². The van der Waals surface area contributed by atoms with E-state index in [1.807, 2.05) is 20.8 Å². The maximum absolute atomic E-state index is 12.2. The van der Waals surface area contributed by atoms with E-state index in [4.69, 9.17) is 5.73 Å². The van der Waals surface area contributed by atoms with Gasteiger partial charge in [-0.1, -0.05) is 0 Å². The van der Waals surface area contributed by atoms with E-state index < -0.39 is 0 Å². The van der Waals surface area contributed by atoms with Gasteiger partial charge in [-0.25, -0.2) is 0 Å². The van der Waals surface area contributed by atoms with Gasteiger partial charge in [0.25, 0.3) is 5.91 Å². The fraction of sp³-hybridized carbons (Fsp3) is 0.643. The number of carbonyl (C=O) groups excluding carboxylic acids is 2. The molecule has 0 aliphatic rings. The Morgan fingerprint density at radius 2 is 1.90 bits per heavy atom. The van der Waals surface area contributed by atoms with Gasteiger partial charge in [-0.15, -0.1) is 0 Å². The number of rotatable bonds is 7. The molecule has 0 aliphatic heterocycles. The summed E-state index contributed by atoms with van der Waals surface area (Å²) in [6.07, 6.45) is 0.284. The number of hydrogen-bond donors (Lipinski definition) is 2. The van der Waals surface area contributed by atoms with Gasteiger partial charge >= 0.3 is 0 Å². The lowest BCUT2D eigenvalue weighted by atomic mass is 10.2. The van der Waals surface area contributed by atoms with Crippen molar-refractivity contribution in [1.29, 1.82) is 0 Å². The van der Waals surface area contributed by atoms with Crippen molar-refractivity contribution in [2.45, 2.75) is 40.7 Å². The zero-order valence-electron chi connectivity index (χ0n) is 13.3. The first-order valence-electron chi connectivity index (χ1n) is 7.34. The number of anilines is 1. The van der Waals surface area contributed by atoms with Crippen LogP contribution in [0.1, 0.15) is 43.4 Å². The van der Waals surface area contributed by atoms with Gasteiger partial charge in [0.05, 0.1) is 11.4 Å². The summed E-state index contributed by atoms with van der Waals surface area (Å²) in [5.41, 5.74) is 7.28. The Labute approximate surface area is 125 Å². The number of aryl methyl sites for hydroxylation is 2.